The maximum Gasteiger partial charge on any atom is 0.272 e. The molecule has 1 heterocycles. The van der Waals surface area contributed by atoms with Gasteiger partial charge in [0, 0.05) is 24.9 Å². The Balaban J connectivity index is 2.21. The number of benzene rings is 1. The van der Waals surface area contributed by atoms with Gasteiger partial charge in [0.15, 0.2) is 5.82 Å². The number of aromatic nitrogens is 1. The van der Waals surface area contributed by atoms with Crippen LogP contribution < -0.4 is 10.6 Å². The van der Waals surface area contributed by atoms with Crippen LogP contribution >= 0.6 is 0 Å². The number of hydrogen-bond acceptors (Lipinski definition) is 5. The van der Waals surface area contributed by atoms with Crippen molar-refractivity contribution in [2.24, 2.45) is 0 Å². The number of non-ortho nitro benzene ring substituents is 1. The number of pyridine rings is 1. The molecule has 108 valence electrons. The fourth-order valence-electron chi connectivity index (χ4n) is 1.62. The predicted molar refractivity (Wildman–Crippen MR) is 74.8 cm³/mol. The average molecular weight is 290 g/mol. The molecule has 0 atom stereocenters. The number of carbonyl (C=O) groups excluding carboxylic acids is 1. The Hall–Kier alpha value is -3.03. The molecular weight excluding hydrogens is 279 g/mol. The minimum Gasteiger partial charge on any atom is -0.373 e. The predicted octanol–water partition coefficient (Wildman–Crippen LogP) is 2.42. The van der Waals surface area contributed by atoms with Gasteiger partial charge in [0.25, 0.3) is 11.6 Å². The van der Waals surface area contributed by atoms with E-state index in [-0.39, 0.29) is 16.9 Å². The number of amides is 1. The molecule has 0 aliphatic rings. The summed E-state index contributed by atoms with van der Waals surface area (Å²) in [5, 5.41) is 15.6. The molecule has 7 nitrogen and oxygen atoms in total. The highest BCUT2D eigenvalue weighted by Gasteiger charge is 2.14. The quantitative estimate of drug-likeness (QED) is 0.665. The molecule has 0 aliphatic carbocycles. The Morgan fingerprint density at radius 3 is 2.71 bits per heavy atom. The molecule has 2 rings (SSSR count). The normalized spacial score (nSPS) is 10.0. The zero-order valence-corrected chi connectivity index (χ0v) is 11.0. The first-order valence-electron chi connectivity index (χ1n) is 5.90. The molecule has 1 amide bonds. The van der Waals surface area contributed by atoms with Crippen molar-refractivity contribution >= 4 is 23.1 Å². The molecule has 1 aromatic carbocycles. The van der Waals surface area contributed by atoms with Crippen molar-refractivity contribution in [2.75, 3.05) is 17.7 Å². The summed E-state index contributed by atoms with van der Waals surface area (Å²) in [6.07, 6.45) is 1.44. The van der Waals surface area contributed by atoms with Crippen LogP contribution in [0.3, 0.4) is 0 Å². The molecule has 2 N–H and O–H groups in total. The van der Waals surface area contributed by atoms with Crippen LogP contribution in [0.4, 0.5) is 21.6 Å². The van der Waals surface area contributed by atoms with E-state index in [0.29, 0.717) is 5.82 Å². The van der Waals surface area contributed by atoms with Gasteiger partial charge < -0.3 is 10.6 Å². The first kappa shape index (κ1) is 14.4. The number of nitrogens with one attached hydrogen (secondary N) is 2. The largest absolute Gasteiger partial charge is 0.373 e. The lowest BCUT2D eigenvalue weighted by Gasteiger charge is -2.07. The molecule has 8 heteroatoms. The van der Waals surface area contributed by atoms with Crippen molar-refractivity contribution in [1.82, 2.24) is 4.98 Å². The van der Waals surface area contributed by atoms with Crippen LogP contribution in [0.15, 0.2) is 36.5 Å². The highest BCUT2D eigenvalue weighted by Crippen LogP contribution is 2.21. The summed E-state index contributed by atoms with van der Waals surface area (Å²) >= 11 is 0. The molecule has 1 aromatic heterocycles. The highest BCUT2D eigenvalue weighted by molar-refractivity contribution is 6.04. The van der Waals surface area contributed by atoms with Crippen LogP contribution in [-0.4, -0.2) is 22.9 Å². The number of carbonyl (C=O) groups is 1. The SMILES string of the molecule is CNc1cc(C(=O)Nc2ccc([N+](=O)[O-])cc2F)ccn1. The molecule has 0 saturated carbocycles. The van der Waals surface area contributed by atoms with E-state index in [4.69, 9.17) is 0 Å². The van der Waals surface area contributed by atoms with E-state index < -0.39 is 16.6 Å². The van der Waals surface area contributed by atoms with Gasteiger partial charge in [-0.05, 0) is 18.2 Å². The Labute approximate surface area is 119 Å². The smallest absolute Gasteiger partial charge is 0.272 e. The monoisotopic (exact) mass is 290 g/mol. The zero-order valence-electron chi connectivity index (χ0n) is 11.0. The van der Waals surface area contributed by atoms with Crippen molar-refractivity contribution < 1.29 is 14.1 Å². The van der Waals surface area contributed by atoms with Crippen LogP contribution in [0.1, 0.15) is 10.4 Å². The summed E-state index contributed by atoms with van der Waals surface area (Å²) in [7, 11) is 1.65. The number of rotatable bonds is 4. The van der Waals surface area contributed by atoms with E-state index in [1.54, 1.807) is 7.05 Å². The second-order valence-corrected chi connectivity index (χ2v) is 4.06. The van der Waals surface area contributed by atoms with Gasteiger partial charge in [-0.3, -0.25) is 14.9 Å². The van der Waals surface area contributed by atoms with Crippen LogP contribution in [0, 0.1) is 15.9 Å². The number of hydrogen-bond donors (Lipinski definition) is 2. The summed E-state index contributed by atoms with van der Waals surface area (Å²) in [5.74, 6) is -0.922. The zero-order chi connectivity index (χ0) is 15.4. The number of anilines is 2. The van der Waals surface area contributed by atoms with Gasteiger partial charge in [-0.1, -0.05) is 0 Å². The van der Waals surface area contributed by atoms with E-state index in [9.17, 15) is 19.3 Å². The first-order valence-corrected chi connectivity index (χ1v) is 5.90. The molecule has 0 fully saturated rings. The standard InChI is InChI=1S/C13H11FN4O3/c1-15-12-6-8(4-5-16-12)13(19)17-11-3-2-9(18(20)21)7-10(11)14/h2-7H,1H3,(H,15,16)(H,17,19). The second-order valence-electron chi connectivity index (χ2n) is 4.06. The first-order chi connectivity index (χ1) is 10.0. The molecule has 21 heavy (non-hydrogen) atoms. The summed E-state index contributed by atoms with van der Waals surface area (Å²) in [5.41, 5.74) is -0.229. The maximum absolute atomic E-state index is 13.7. The van der Waals surface area contributed by atoms with E-state index in [2.05, 4.69) is 15.6 Å². The lowest BCUT2D eigenvalue weighted by molar-refractivity contribution is -0.385. The summed E-state index contributed by atoms with van der Waals surface area (Å²) in [6, 6.07) is 5.98. The summed E-state index contributed by atoms with van der Waals surface area (Å²) in [6.45, 7) is 0. The maximum atomic E-state index is 13.7. The van der Waals surface area contributed by atoms with Crippen molar-refractivity contribution in [3.05, 3.63) is 58.0 Å². The molecular formula is C13H11FN4O3. The highest BCUT2D eigenvalue weighted by atomic mass is 19.1. The van der Waals surface area contributed by atoms with Crippen molar-refractivity contribution in [2.45, 2.75) is 0 Å². The van der Waals surface area contributed by atoms with Gasteiger partial charge in [-0.2, -0.15) is 0 Å². The lowest BCUT2D eigenvalue weighted by atomic mass is 10.2. The molecule has 0 aliphatic heterocycles. The molecule has 0 bridgehead atoms. The van der Waals surface area contributed by atoms with Gasteiger partial charge in [0.05, 0.1) is 16.7 Å². The molecule has 0 saturated heterocycles. The molecule has 2 aromatic rings. The fraction of sp³-hybridized carbons (Fsp3) is 0.0769. The Morgan fingerprint density at radius 2 is 2.10 bits per heavy atom. The van der Waals surface area contributed by atoms with Crippen molar-refractivity contribution in [1.29, 1.82) is 0 Å². The number of nitrogens with zero attached hydrogens (tertiary/aromatic N) is 2. The van der Waals surface area contributed by atoms with E-state index in [1.165, 1.54) is 18.3 Å². The summed E-state index contributed by atoms with van der Waals surface area (Å²) < 4.78 is 13.7. The Bertz CT molecular complexity index is 706. The third-order valence-corrected chi connectivity index (χ3v) is 2.69. The van der Waals surface area contributed by atoms with Crippen LogP contribution in [-0.2, 0) is 0 Å². The number of nitro groups is 1. The topological polar surface area (TPSA) is 97.2 Å². The lowest BCUT2D eigenvalue weighted by Crippen LogP contribution is -2.13. The van der Waals surface area contributed by atoms with E-state index in [0.717, 1.165) is 18.2 Å². The average Bonchev–Trinajstić information content (AvgIpc) is 2.49. The Kier molecular flexibility index (Phi) is 4.07. The third-order valence-electron chi connectivity index (χ3n) is 2.69. The fourth-order valence-corrected chi connectivity index (χ4v) is 1.62. The number of nitro benzene ring substituents is 1. The second kappa shape index (κ2) is 5.95. The van der Waals surface area contributed by atoms with Gasteiger partial charge in [-0.25, -0.2) is 9.37 Å². The van der Waals surface area contributed by atoms with E-state index in [1.807, 2.05) is 0 Å². The number of halogens is 1. The van der Waals surface area contributed by atoms with Crippen LogP contribution in [0.2, 0.25) is 0 Å². The van der Waals surface area contributed by atoms with Crippen molar-refractivity contribution in [3.8, 4) is 0 Å². The van der Waals surface area contributed by atoms with Gasteiger partial charge in [0.2, 0.25) is 0 Å². The van der Waals surface area contributed by atoms with Gasteiger partial charge >= 0.3 is 0 Å². The van der Waals surface area contributed by atoms with Crippen LogP contribution in [0.5, 0.6) is 0 Å². The van der Waals surface area contributed by atoms with E-state index >= 15 is 0 Å². The molecule has 0 unspecified atom stereocenters. The summed E-state index contributed by atoms with van der Waals surface area (Å²) in [4.78, 5) is 25.7. The minimum absolute atomic E-state index is 0.131. The van der Waals surface area contributed by atoms with Crippen molar-refractivity contribution in [3.63, 3.8) is 0 Å². The molecule has 0 spiro atoms. The van der Waals surface area contributed by atoms with Crippen LogP contribution in [0.25, 0.3) is 0 Å². The molecule has 0 radical (unpaired) electrons. The Morgan fingerprint density at radius 1 is 1.33 bits per heavy atom. The third kappa shape index (κ3) is 3.30. The minimum atomic E-state index is -0.875. The van der Waals surface area contributed by atoms with Gasteiger partial charge in [0.1, 0.15) is 5.82 Å². The van der Waals surface area contributed by atoms with Gasteiger partial charge in [-0.15, -0.1) is 0 Å².